The first-order chi connectivity index (χ1) is 10.3. The van der Waals surface area contributed by atoms with E-state index in [0.717, 1.165) is 24.8 Å². The topological polar surface area (TPSA) is 48.0 Å². The smallest absolute Gasteiger partial charge is 0.410 e. The SMILES string of the molecule is CO[C@@H]1CC[C@@H]2[C@@H](CCN2C(=O)OCc2ccccc2)O1. The van der Waals surface area contributed by atoms with E-state index in [1.54, 1.807) is 12.0 Å². The quantitative estimate of drug-likeness (QED) is 0.858. The maximum absolute atomic E-state index is 12.2. The van der Waals surface area contributed by atoms with Gasteiger partial charge in [0, 0.05) is 20.1 Å². The van der Waals surface area contributed by atoms with Gasteiger partial charge in [0.2, 0.25) is 0 Å². The molecule has 1 aromatic rings. The summed E-state index contributed by atoms with van der Waals surface area (Å²) in [5.41, 5.74) is 1.00. The van der Waals surface area contributed by atoms with Crippen LogP contribution >= 0.6 is 0 Å². The molecule has 0 N–H and O–H groups in total. The maximum atomic E-state index is 12.2. The van der Waals surface area contributed by atoms with Crippen LogP contribution in [0, 0.1) is 0 Å². The second-order valence-corrected chi connectivity index (χ2v) is 5.51. The molecular formula is C16H21NO4. The number of fused-ring (bicyclic) bond motifs is 1. The van der Waals surface area contributed by atoms with Gasteiger partial charge in [0.1, 0.15) is 6.61 Å². The molecule has 3 atom stereocenters. The van der Waals surface area contributed by atoms with Gasteiger partial charge in [-0.2, -0.15) is 0 Å². The van der Waals surface area contributed by atoms with Crippen LogP contribution < -0.4 is 0 Å². The van der Waals surface area contributed by atoms with Gasteiger partial charge in [-0.05, 0) is 18.4 Å². The molecule has 5 heteroatoms. The largest absolute Gasteiger partial charge is 0.445 e. The first kappa shape index (κ1) is 14.4. The molecule has 1 amide bonds. The van der Waals surface area contributed by atoms with Gasteiger partial charge >= 0.3 is 6.09 Å². The fourth-order valence-corrected chi connectivity index (χ4v) is 3.10. The Morgan fingerprint density at radius 2 is 2.10 bits per heavy atom. The summed E-state index contributed by atoms with van der Waals surface area (Å²) in [6.45, 7) is 1.01. The third-order valence-corrected chi connectivity index (χ3v) is 4.21. The third-order valence-electron chi connectivity index (χ3n) is 4.21. The molecule has 0 radical (unpaired) electrons. The van der Waals surface area contributed by atoms with E-state index in [2.05, 4.69) is 0 Å². The molecule has 2 heterocycles. The molecule has 1 aromatic carbocycles. The normalized spacial score (nSPS) is 28.2. The highest BCUT2D eigenvalue weighted by Crippen LogP contribution is 2.32. The number of ether oxygens (including phenoxy) is 3. The number of nitrogens with zero attached hydrogens (tertiary/aromatic N) is 1. The van der Waals surface area contributed by atoms with Crippen molar-refractivity contribution in [3.05, 3.63) is 35.9 Å². The van der Waals surface area contributed by atoms with Crippen LogP contribution in [0.4, 0.5) is 4.79 Å². The van der Waals surface area contributed by atoms with Crippen LogP contribution in [0.1, 0.15) is 24.8 Å². The number of likely N-dealkylation sites (tertiary alicyclic amines) is 1. The Morgan fingerprint density at radius 3 is 2.86 bits per heavy atom. The number of benzene rings is 1. The molecule has 0 saturated carbocycles. The van der Waals surface area contributed by atoms with Crippen LogP contribution in [0.5, 0.6) is 0 Å². The molecule has 0 aromatic heterocycles. The highest BCUT2D eigenvalue weighted by Gasteiger charge is 2.42. The highest BCUT2D eigenvalue weighted by molar-refractivity contribution is 5.68. The van der Waals surface area contributed by atoms with Crippen molar-refractivity contribution in [3.8, 4) is 0 Å². The number of amides is 1. The molecule has 0 spiro atoms. The number of carbonyl (C=O) groups excluding carboxylic acids is 1. The average molecular weight is 291 g/mol. The van der Waals surface area contributed by atoms with Gasteiger partial charge in [-0.15, -0.1) is 0 Å². The fraction of sp³-hybridized carbons (Fsp3) is 0.562. The Kier molecular flexibility index (Phi) is 4.41. The van der Waals surface area contributed by atoms with Gasteiger partial charge in [0.15, 0.2) is 6.29 Å². The number of hydrogen-bond donors (Lipinski definition) is 0. The monoisotopic (exact) mass is 291 g/mol. The van der Waals surface area contributed by atoms with Crippen molar-refractivity contribution in [1.82, 2.24) is 4.90 Å². The molecule has 3 rings (SSSR count). The summed E-state index contributed by atoms with van der Waals surface area (Å²) < 4.78 is 16.5. The summed E-state index contributed by atoms with van der Waals surface area (Å²) in [6, 6.07) is 9.85. The zero-order chi connectivity index (χ0) is 14.7. The summed E-state index contributed by atoms with van der Waals surface area (Å²) in [6.07, 6.45) is 2.28. The molecule has 2 fully saturated rings. The molecule has 2 saturated heterocycles. The van der Waals surface area contributed by atoms with Crippen molar-refractivity contribution < 1.29 is 19.0 Å². The van der Waals surface area contributed by atoms with Crippen molar-refractivity contribution in [3.63, 3.8) is 0 Å². The molecule has 114 valence electrons. The second kappa shape index (κ2) is 6.45. The van der Waals surface area contributed by atoms with Crippen molar-refractivity contribution >= 4 is 6.09 Å². The van der Waals surface area contributed by atoms with Crippen molar-refractivity contribution in [2.24, 2.45) is 0 Å². The molecule has 5 nitrogen and oxygen atoms in total. The molecule has 0 bridgehead atoms. The number of carbonyl (C=O) groups is 1. The zero-order valence-electron chi connectivity index (χ0n) is 12.2. The second-order valence-electron chi connectivity index (χ2n) is 5.51. The Labute approximate surface area is 124 Å². The van der Waals surface area contributed by atoms with E-state index < -0.39 is 0 Å². The maximum Gasteiger partial charge on any atom is 0.410 e. The third kappa shape index (κ3) is 3.19. The van der Waals surface area contributed by atoms with Crippen molar-refractivity contribution in [2.75, 3.05) is 13.7 Å². The Balaban J connectivity index is 1.54. The highest BCUT2D eigenvalue weighted by atomic mass is 16.7. The summed E-state index contributed by atoms with van der Waals surface area (Å²) >= 11 is 0. The van der Waals surface area contributed by atoms with Crippen LogP contribution in [-0.2, 0) is 20.8 Å². The minimum atomic E-state index is -0.245. The van der Waals surface area contributed by atoms with Crippen LogP contribution in [0.3, 0.4) is 0 Å². The molecular weight excluding hydrogens is 270 g/mol. The first-order valence-electron chi connectivity index (χ1n) is 7.43. The zero-order valence-corrected chi connectivity index (χ0v) is 12.2. The van der Waals surface area contributed by atoms with E-state index >= 15 is 0 Å². The molecule has 2 aliphatic rings. The minimum absolute atomic E-state index is 0.0768. The van der Waals surface area contributed by atoms with E-state index in [1.165, 1.54) is 0 Å². The molecule has 0 aliphatic carbocycles. The summed E-state index contributed by atoms with van der Waals surface area (Å²) in [4.78, 5) is 14.0. The Hall–Kier alpha value is -1.59. The summed E-state index contributed by atoms with van der Waals surface area (Å²) in [5, 5.41) is 0. The number of methoxy groups -OCH3 is 1. The lowest BCUT2D eigenvalue weighted by Gasteiger charge is -2.34. The van der Waals surface area contributed by atoms with E-state index in [9.17, 15) is 4.79 Å². The van der Waals surface area contributed by atoms with Gasteiger partial charge in [0.25, 0.3) is 0 Å². The lowest BCUT2D eigenvalue weighted by atomic mass is 10.0. The number of rotatable bonds is 3. The molecule has 2 aliphatic heterocycles. The van der Waals surface area contributed by atoms with Gasteiger partial charge in [-0.25, -0.2) is 4.79 Å². The molecule has 0 unspecified atom stereocenters. The van der Waals surface area contributed by atoms with E-state index in [4.69, 9.17) is 14.2 Å². The summed E-state index contributed by atoms with van der Waals surface area (Å²) in [5.74, 6) is 0. The van der Waals surface area contributed by atoms with Crippen LogP contribution in [0.15, 0.2) is 30.3 Å². The standard InChI is InChI=1S/C16H21NO4/c1-19-15-8-7-13-14(21-15)9-10-17(13)16(18)20-11-12-5-3-2-4-6-12/h2-6,13-15H,7-11H2,1H3/t13-,14-,15+/m1/s1. The predicted molar refractivity (Wildman–Crippen MR) is 76.6 cm³/mol. The lowest BCUT2D eigenvalue weighted by Crippen LogP contribution is -2.45. The minimum Gasteiger partial charge on any atom is -0.445 e. The average Bonchev–Trinajstić information content (AvgIpc) is 2.96. The van der Waals surface area contributed by atoms with Crippen molar-refractivity contribution in [2.45, 2.75) is 44.3 Å². The molecule has 21 heavy (non-hydrogen) atoms. The van der Waals surface area contributed by atoms with E-state index in [0.29, 0.717) is 13.2 Å². The van der Waals surface area contributed by atoms with E-state index in [-0.39, 0.29) is 24.5 Å². The van der Waals surface area contributed by atoms with Gasteiger partial charge in [-0.3, -0.25) is 0 Å². The fourth-order valence-electron chi connectivity index (χ4n) is 3.10. The Bertz CT molecular complexity index is 478. The van der Waals surface area contributed by atoms with E-state index in [1.807, 2.05) is 30.3 Å². The predicted octanol–water partition coefficient (Wildman–Crippen LogP) is 2.55. The van der Waals surface area contributed by atoms with Gasteiger partial charge in [-0.1, -0.05) is 30.3 Å². The van der Waals surface area contributed by atoms with Crippen LogP contribution in [-0.4, -0.2) is 43.1 Å². The van der Waals surface area contributed by atoms with Gasteiger partial charge in [0.05, 0.1) is 12.1 Å². The van der Waals surface area contributed by atoms with Crippen LogP contribution in [0.2, 0.25) is 0 Å². The summed E-state index contributed by atoms with van der Waals surface area (Å²) in [7, 11) is 1.66. The van der Waals surface area contributed by atoms with Gasteiger partial charge < -0.3 is 19.1 Å². The van der Waals surface area contributed by atoms with Crippen molar-refractivity contribution in [1.29, 1.82) is 0 Å². The lowest BCUT2D eigenvalue weighted by molar-refractivity contribution is -0.186. The first-order valence-corrected chi connectivity index (χ1v) is 7.43. The Morgan fingerprint density at radius 1 is 1.29 bits per heavy atom. The number of hydrogen-bond acceptors (Lipinski definition) is 4. The van der Waals surface area contributed by atoms with Crippen LogP contribution in [0.25, 0.3) is 0 Å².